The average Bonchev–Trinajstić information content (AvgIpc) is 3.12. The average molecular weight is 491 g/mol. The number of ketones is 1. The first-order valence-corrected chi connectivity index (χ1v) is 11.5. The molecule has 9 nitrogen and oxygen atoms in total. The molecule has 0 saturated heterocycles. The molecule has 0 aliphatic rings. The summed E-state index contributed by atoms with van der Waals surface area (Å²) in [4.78, 5) is 36.1. The number of carbonyl (C=O) groups is 3. The molecule has 1 aromatic carbocycles. The first kappa shape index (κ1) is 24.4. The molecule has 1 aromatic heterocycles. The summed E-state index contributed by atoms with van der Waals surface area (Å²) in [6.45, 7) is 3.45. The van der Waals surface area contributed by atoms with Gasteiger partial charge in [-0.2, -0.15) is 0 Å². The van der Waals surface area contributed by atoms with Crippen molar-refractivity contribution in [3.8, 4) is 0 Å². The molecule has 0 radical (unpaired) electrons. The van der Waals surface area contributed by atoms with Crippen LogP contribution in [0.25, 0.3) is 0 Å². The molecule has 1 unspecified atom stereocenters. The molecule has 1 heterocycles. The van der Waals surface area contributed by atoms with E-state index in [4.69, 9.17) is 23.2 Å². The fraction of sp³-hybridized carbons (Fsp3) is 0.412. The van der Waals surface area contributed by atoms with Crippen LogP contribution in [0.1, 0.15) is 20.3 Å². The predicted octanol–water partition coefficient (Wildman–Crippen LogP) is 3.06. The van der Waals surface area contributed by atoms with Crippen molar-refractivity contribution in [2.75, 3.05) is 12.3 Å². The largest absolute Gasteiger partial charge is 0.356 e. The Bertz CT molecular complexity index is 891. The zero-order valence-corrected chi connectivity index (χ0v) is 19.4. The van der Waals surface area contributed by atoms with E-state index in [1.54, 1.807) is 25.1 Å². The minimum Gasteiger partial charge on any atom is -0.356 e. The van der Waals surface area contributed by atoms with Gasteiger partial charge in [0, 0.05) is 19.2 Å². The third-order valence-corrected chi connectivity index (χ3v) is 6.48. The SMILES string of the molecule is CCC(NC(=O)SCCNC(C)=O)C(=O)Cn1nnnc1Sc1c(Cl)cccc1Cl. The molecule has 1 atom stereocenters. The van der Waals surface area contributed by atoms with Crippen molar-refractivity contribution in [1.29, 1.82) is 0 Å². The number of hydrogen-bond acceptors (Lipinski definition) is 8. The Morgan fingerprint density at radius 3 is 2.57 bits per heavy atom. The quantitative estimate of drug-likeness (QED) is 0.487. The molecule has 2 N–H and O–H groups in total. The van der Waals surface area contributed by atoms with Crippen LogP contribution >= 0.6 is 46.7 Å². The second kappa shape index (κ2) is 12.1. The van der Waals surface area contributed by atoms with Crippen molar-refractivity contribution in [2.24, 2.45) is 0 Å². The van der Waals surface area contributed by atoms with Gasteiger partial charge in [0.25, 0.3) is 5.24 Å². The number of nitrogens with one attached hydrogen (secondary N) is 2. The fourth-order valence-corrected chi connectivity index (χ4v) is 4.30. The Labute approximate surface area is 192 Å². The topological polar surface area (TPSA) is 119 Å². The van der Waals surface area contributed by atoms with Gasteiger partial charge in [0.2, 0.25) is 11.1 Å². The number of halogens is 2. The lowest BCUT2D eigenvalue weighted by atomic mass is 10.1. The van der Waals surface area contributed by atoms with Crippen LogP contribution < -0.4 is 10.6 Å². The van der Waals surface area contributed by atoms with E-state index in [2.05, 4.69) is 26.2 Å². The molecular formula is C17H20Cl2N6O3S2. The van der Waals surface area contributed by atoms with Crippen molar-refractivity contribution in [3.63, 3.8) is 0 Å². The van der Waals surface area contributed by atoms with E-state index in [-0.39, 0.29) is 23.5 Å². The number of tetrazole rings is 1. The molecule has 2 aromatic rings. The van der Waals surface area contributed by atoms with Gasteiger partial charge >= 0.3 is 0 Å². The summed E-state index contributed by atoms with van der Waals surface area (Å²) in [6.07, 6.45) is 0.414. The first-order chi connectivity index (χ1) is 14.3. The number of hydrogen-bond donors (Lipinski definition) is 2. The minimum atomic E-state index is -0.684. The summed E-state index contributed by atoms with van der Waals surface area (Å²) in [5.41, 5.74) is 0. The van der Waals surface area contributed by atoms with Crippen LogP contribution in [0.2, 0.25) is 10.0 Å². The van der Waals surface area contributed by atoms with Crippen LogP contribution in [0.3, 0.4) is 0 Å². The highest BCUT2D eigenvalue weighted by molar-refractivity contribution is 8.13. The number of Topliss-reactive ketones (excluding diaryl/α,β-unsaturated/α-hetero) is 1. The normalized spacial score (nSPS) is 11.7. The molecule has 13 heteroatoms. The molecule has 162 valence electrons. The Balaban J connectivity index is 1.95. The Morgan fingerprint density at radius 2 is 1.93 bits per heavy atom. The van der Waals surface area contributed by atoms with Crippen LogP contribution in [0, 0.1) is 0 Å². The van der Waals surface area contributed by atoms with Crippen LogP contribution in [0.15, 0.2) is 28.3 Å². The van der Waals surface area contributed by atoms with Gasteiger partial charge < -0.3 is 10.6 Å². The number of aromatic nitrogens is 4. The molecule has 0 aliphatic carbocycles. The summed E-state index contributed by atoms with van der Waals surface area (Å²) in [5.74, 6) is 0.00104. The highest BCUT2D eigenvalue weighted by atomic mass is 35.5. The predicted molar refractivity (Wildman–Crippen MR) is 117 cm³/mol. The smallest absolute Gasteiger partial charge is 0.279 e. The molecule has 0 spiro atoms. The lowest BCUT2D eigenvalue weighted by Crippen LogP contribution is -2.40. The fourth-order valence-electron chi connectivity index (χ4n) is 2.26. The number of carbonyl (C=O) groups excluding carboxylic acids is 3. The Kier molecular flexibility index (Phi) is 9.89. The van der Waals surface area contributed by atoms with E-state index in [0.717, 1.165) is 23.5 Å². The van der Waals surface area contributed by atoms with Crippen molar-refractivity contribution >= 4 is 63.7 Å². The van der Waals surface area contributed by atoms with Gasteiger partial charge in [-0.25, -0.2) is 4.68 Å². The number of benzene rings is 1. The van der Waals surface area contributed by atoms with E-state index >= 15 is 0 Å². The van der Waals surface area contributed by atoms with Crippen LogP contribution in [-0.2, 0) is 16.1 Å². The maximum Gasteiger partial charge on any atom is 0.279 e. The summed E-state index contributed by atoms with van der Waals surface area (Å²) in [5, 5.41) is 17.6. The monoisotopic (exact) mass is 490 g/mol. The molecule has 30 heavy (non-hydrogen) atoms. The van der Waals surface area contributed by atoms with Crippen LogP contribution in [0.4, 0.5) is 4.79 Å². The zero-order chi connectivity index (χ0) is 22.1. The molecule has 2 amide bonds. The number of amides is 2. The van der Waals surface area contributed by atoms with Gasteiger partial charge in [-0.3, -0.25) is 14.4 Å². The zero-order valence-electron chi connectivity index (χ0n) is 16.2. The van der Waals surface area contributed by atoms with E-state index < -0.39 is 6.04 Å². The van der Waals surface area contributed by atoms with Gasteiger partial charge in [0.05, 0.1) is 21.0 Å². The summed E-state index contributed by atoms with van der Waals surface area (Å²) in [7, 11) is 0. The molecule has 0 aliphatic heterocycles. The van der Waals surface area contributed by atoms with E-state index in [0.29, 0.717) is 38.8 Å². The van der Waals surface area contributed by atoms with Gasteiger partial charge in [-0.1, -0.05) is 48.0 Å². The second-order valence-electron chi connectivity index (χ2n) is 5.96. The summed E-state index contributed by atoms with van der Waals surface area (Å²) < 4.78 is 1.34. The summed E-state index contributed by atoms with van der Waals surface area (Å²) in [6, 6.07) is 4.43. The van der Waals surface area contributed by atoms with Crippen molar-refractivity contribution in [2.45, 2.75) is 42.9 Å². The summed E-state index contributed by atoms with van der Waals surface area (Å²) >= 11 is 14.5. The maximum atomic E-state index is 12.7. The van der Waals surface area contributed by atoms with E-state index in [9.17, 15) is 14.4 Å². The first-order valence-electron chi connectivity index (χ1n) is 8.90. The van der Waals surface area contributed by atoms with Crippen molar-refractivity contribution in [3.05, 3.63) is 28.2 Å². The number of rotatable bonds is 10. The van der Waals surface area contributed by atoms with Gasteiger partial charge in [0.15, 0.2) is 5.78 Å². The number of nitrogens with zero attached hydrogens (tertiary/aromatic N) is 4. The molecule has 2 rings (SSSR count). The second-order valence-corrected chi connectivity index (χ2v) is 8.82. The standard InChI is InChI=1S/C17H20Cl2N6O3S2/c1-3-13(21-17(28)29-8-7-20-10(2)26)14(27)9-25-16(22-23-24-25)30-15-11(18)5-4-6-12(15)19/h4-6,13H,3,7-9H2,1-2H3,(H,20,26)(H,21,28). The highest BCUT2D eigenvalue weighted by Crippen LogP contribution is 2.37. The van der Waals surface area contributed by atoms with Gasteiger partial charge in [0.1, 0.15) is 6.54 Å². The molecule has 0 saturated carbocycles. The molecular weight excluding hydrogens is 471 g/mol. The molecule has 0 bridgehead atoms. The number of thioether (sulfide) groups is 1. The Morgan fingerprint density at radius 1 is 1.23 bits per heavy atom. The van der Waals surface area contributed by atoms with Crippen LogP contribution in [-0.4, -0.2) is 55.5 Å². The lowest BCUT2D eigenvalue weighted by Gasteiger charge is -2.16. The van der Waals surface area contributed by atoms with Gasteiger partial charge in [-0.05, 0) is 40.7 Å². The third-order valence-electron chi connectivity index (χ3n) is 3.72. The van der Waals surface area contributed by atoms with Crippen LogP contribution in [0.5, 0.6) is 0 Å². The maximum absolute atomic E-state index is 12.7. The van der Waals surface area contributed by atoms with Crippen molar-refractivity contribution < 1.29 is 14.4 Å². The lowest BCUT2D eigenvalue weighted by molar-refractivity contribution is -0.122. The third kappa shape index (κ3) is 7.46. The minimum absolute atomic E-state index is 0.118. The van der Waals surface area contributed by atoms with E-state index in [1.165, 1.54) is 11.6 Å². The highest BCUT2D eigenvalue weighted by Gasteiger charge is 2.22. The molecule has 0 fully saturated rings. The Hall–Kier alpha value is -1.82. The van der Waals surface area contributed by atoms with Crippen molar-refractivity contribution in [1.82, 2.24) is 30.8 Å². The van der Waals surface area contributed by atoms with Gasteiger partial charge in [-0.15, -0.1) is 5.10 Å². The van der Waals surface area contributed by atoms with E-state index in [1.807, 2.05) is 0 Å².